The maximum atomic E-state index is 10.5. The topological polar surface area (TPSA) is 77.4 Å². The molecule has 4 nitrogen and oxygen atoms in total. The standard InChI is InChI=1S/C22H46O4S.K/c1-2-3-4-5-6-7-8-9-10-11-12-13-14-15-16-19-22(23)20-17-18-21-27(24,25)26;/h22-23H,2-21H2,1H3,(H,24,25,26);/q;+1/p-1. The van der Waals surface area contributed by atoms with Crippen molar-refractivity contribution < 1.29 is 69.5 Å². The molecule has 1 atom stereocenters. The van der Waals surface area contributed by atoms with E-state index in [9.17, 15) is 18.1 Å². The Morgan fingerprint density at radius 3 is 1.32 bits per heavy atom. The molecule has 0 aliphatic carbocycles. The van der Waals surface area contributed by atoms with Crippen LogP contribution in [0, 0.1) is 0 Å². The van der Waals surface area contributed by atoms with Gasteiger partial charge < -0.3 is 9.66 Å². The Kier molecular flexibility index (Phi) is 26.2. The van der Waals surface area contributed by atoms with Crippen LogP contribution < -0.4 is 51.4 Å². The van der Waals surface area contributed by atoms with Crippen LogP contribution in [0.4, 0.5) is 0 Å². The van der Waals surface area contributed by atoms with Crippen LogP contribution in [0.1, 0.15) is 129 Å². The Morgan fingerprint density at radius 2 is 0.964 bits per heavy atom. The molecule has 0 aromatic rings. The maximum absolute atomic E-state index is 10.5. The minimum absolute atomic E-state index is 0. The van der Waals surface area contributed by atoms with Gasteiger partial charge in [-0.25, -0.2) is 8.42 Å². The van der Waals surface area contributed by atoms with Crippen molar-refractivity contribution in [1.29, 1.82) is 0 Å². The second-order valence-electron chi connectivity index (χ2n) is 8.15. The molecule has 0 saturated carbocycles. The Morgan fingerprint density at radius 1 is 0.643 bits per heavy atom. The fraction of sp³-hybridized carbons (Fsp3) is 1.00. The second-order valence-corrected chi connectivity index (χ2v) is 9.67. The first kappa shape index (κ1) is 31.7. The van der Waals surface area contributed by atoms with Gasteiger partial charge in [-0.15, -0.1) is 0 Å². The zero-order valence-electron chi connectivity index (χ0n) is 18.8. The van der Waals surface area contributed by atoms with Crippen molar-refractivity contribution in [1.82, 2.24) is 0 Å². The smallest absolute Gasteiger partial charge is 0.748 e. The molecule has 1 unspecified atom stereocenters. The Balaban J connectivity index is 0. The summed E-state index contributed by atoms with van der Waals surface area (Å²) in [6, 6.07) is 0. The van der Waals surface area contributed by atoms with Crippen LogP contribution in [0.15, 0.2) is 0 Å². The first-order chi connectivity index (χ1) is 13.0. The minimum Gasteiger partial charge on any atom is -0.748 e. The van der Waals surface area contributed by atoms with E-state index in [0.29, 0.717) is 19.3 Å². The fourth-order valence-corrected chi connectivity index (χ4v) is 4.11. The number of rotatable bonds is 21. The summed E-state index contributed by atoms with van der Waals surface area (Å²) in [5.41, 5.74) is 0. The second kappa shape index (κ2) is 23.2. The fourth-order valence-electron chi connectivity index (χ4n) is 3.55. The SMILES string of the molecule is CCCCCCCCCCCCCCCCCC(O)CCCCS(=O)(=O)[O-].[K+]. The number of aliphatic hydroxyl groups is 1. The van der Waals surface area contributed by atoms with E-state index >= 15 is 0 Å². The van der Waals surface area contributed by atoms with Gasteiger partial charge in [0.2, 0.25) is 0 Å². The number of hydrogen-bond donors (Lipinski definition) is 1. The average molecular weight is 445 g/mol. The summed E-state index contributed by atoms with van der Waals surface area (Å²) in [5, 5.41) is 9.85. The Hall–Kier alpha value is 1.51. The Labute approximate surface area is 218 Å². The summed E-state index contributed by atoms with van der Waals surface area (Å²) < 4.78 is 31.5. The van der Waals surface area contributed by atoms with Gasteiger partial charge in [-0.05, 0) is 25.7 Å². The molecule has 28 heavy (non-hydrogen) atoms. The molecule has 6 heteroatoms. The van der Waals surface area contributed by atoms with Gasteiger partial charge in [0.25, 0.3) is 0 Å². The van der Waals surface area contributed by atoms with Crippen LogP contribution in [0.3, 0.4) is 0 Å². The van der Waals surface area contributed by atoms with Gasteiger partial charge in [0, 0.05) is 5.75 Å². The van der Waals surface area contributed by atoms with Gasteiger partial charge in [0.05, 0.1) is 16.2 Å². The largest absolute Gasteiger partial charge is 1.00 e. The van der Waals surface area contributed by atoms with E-state index in [-0.39, 0.29) is 63.2 Å². The Bertz CT molecular complexity index is 401. The average Bonchev–Trinajstić information content (AvgIpc) is 2.61. The molecule has 0 spiro atoms. The van der Waals surface area contributed by atoms with E-state index in [4.69, 9.17) is 0 Å². The monoisotopic (exact) mass is 444 g/mol. The maximum Gasteiger partial charge on any atom is 1.00 e. The van der Waals surface area contributed by atoms with E-state index in [1.807, 2.05) is 0 Å². The molecule has 0 amide bonds. The van der Waals surface area contributed by atoms with Crippen LogP contribution in [0.2, 0.25) is 0 Å². The van der Waals surface area contributed by atoms with Crippen LogP contribution >= 0.6 is 0 Å². The van der Waals surface area contributed by atoms with Crippen molar-refractivity contribution in [2.24, 2.45) is 0 Å². The number of aliphatic hydroxyl groups excluding tert-OH is 1. The van der Waals surface area contributed by atoms with Crippen LogP contribution in [-0.2, 0) is 10.1 Å². The van der Waals surface area contributed by atoms with Crippen molar-refractivity contribution >= 4 is 10.1 Å². The van der Waals surface area contributed by atoms with Gasteiger partial charge >= 0.3 is 51.4 Å². The summed E-state index contributed by atoms with van der Waals surface area (Å²) in [5.74, 6) is -0.307. The number of unbranched alkanes of at least 4 members (excludes halogenated alkanes) is 15. The molecule has 0 aromatic carbocycles. The summed E-state index contributed by atoms with van der Waals surface area (Å²) in [7, 11) is -4.10. The van der Waals surface area contributed by atoms with Gasteiger partial charge in [-0.2, -0.15) is 0 Å². The zero-order valence-corrected chi connectivity index (χ0v) is 22.7. The van der Waals surface area contributed by atoms with Crippen molar-refractivity contribution in [3.05, 3.63) is 0 Å². The zero-order chi connectivity index (χ0) is 20.2. The van der Waals surface area contributed by atoms with E-state index in [1.54, 1.807) is 0 Å². The molecule has 0 aromatic heterocycles. The molecule has 0 aliphatic heterocycles. The molecule has 0 aliphatic rings. The minimum atomic E-state index is -4.10. The molecule has 0 rings (SSSR count). The van der Waals surface area contributed by atoms with E-state index in [1.165, 1.54) is 89.9 Å². The first-order valence-electron chi connectivity index (χ1n) is 11.6. The van der Waals surface area contributed by atoms with Crippen molar-refractivity contribution in [3.63, 3.8) is 0 Å². The molecule has 0 heterocycles. The first-order valence-corrected chi connectivity index (χ1v) is 13.1. The van der Waals surface area contributed by atoms with Crippen LogP contribution in [-0.4, -0.2) is 29.9 Å². The van der Waals surface area contributed by atoms with Crippen LogP contribution in [0.5, 0.6) is 0 Å². The van der Waals surface area contributed by atoms with Gasteiger partial charge in [-0.3, -0.25) is 0 Å². The molecule has 0 bridgehead atoms. The molecular formula is C22H45KO4S. The predicted octanol–water partition coefficient (Wildman–Crippen LogP) is 3.33. The third-order valence-corrected chi connectivity index (χ3v) is 6.11. The molecule has 0 fully saturated rings. The molecular weight excluding hydrogens is 399 g/mol. The van der Waals surface area contributed by atoms with Crippen molar-refractivity contribution in [3.8, 4) is 0 Å². The third kappa shape index (κ3) is 27.5. The molecule has 1 N–H and O–H groups in total. The normalized spacial score (nSPS) is 12.7. The van der Waals surface area contributed by atoms with E-state index < -0.39 is 10.1 Å². The van der Waals surface area contributed by atoms with Crippen LogP contribution in [0.25, 0.3) is 0 Å². The predicted molar refractivity (Wildman–Crippen MR) is 114 cm³/mol. The molecule has 164 valence electrons. The van der Waals surface area contributed by atoms with E-state index in [0.717, 1.165) is 12.8 Å². The van der Waals surface area contributed by atoms with Crippen molar-refractivity contribution in [2.75, 3.05) is 5.75 Å². The summed E-state index contributed by atoms with van der Waals surface area (Å²) in [6.45, 7) is 2.27. The van der Waals surface area contributed by atoms with E-state index in [2.05, 4.69) is 6.92 Å². The van der Waals surface area contributed by atoms with Gasteiger partial charge in [0.15, 0.2) is 0 Å². The quantitative estimate of drug-likeness (QED) is 0.167. The van der Waals surface area contributed by atoms with Crippen molar-refractivity contribution in [2.45, 2.75) is 135 Å². The summed E-state index contributed by atoms with van der Waals surface area (Å²) in [6.07, 6.45) is 22.1. The third-order valence-electron chi connectivity index (χ3n) is 5.32. The van der Waals surface area contributed by atoms with Gasteiger partial charge in [-0.1, -0.05) is 103 Å². The number of hydrogen-bond acceptors (Lipinski definition) is 4. The summed E-state index contributed by atoms with van der Waals surface area (Å²) >= 11 is 0. The van der Waals surface area contributed by atoms with Gasteiger partial charge in [0.1, 0.15) is 0 Å². The summed E-state index contributed by atoms with van der Waals surface area (Å²) in [4.78, 5) is 0. The molecule has 0 radical (unpaired) electrons. The molecule has 0 saturated heterocycles.